The van der Waals surface area contributed by atoms with Gasteiger partial charge in [-0.2, -0.15) is 0 Å². The standard InChI is InChI=1S/C25H27N3O2S/c29-22(27-23(18-10-4-1-5-11-18)19-12-6-2-7-13-19)16-21-17-31-25(26-21)28-24(30)20-14-8-3-9-15-20/h1,3-5,8-11,14-15,17,19,23H,2,6-7,12-13,16H2,(H,27,29)(H,26,28,30). The summed E-state index contributed by atoms with van der Waals surface area (Å²) in [5.74, 6) is 0.231. The van der Waals surface area contributed by atoms with Crippen molar-refractivity contribution in [3.8, 4) is 0 Å². The molecular formula is C25H27N3O2S. The predicted octanol–water partition coefficient (Wildman–Crippen LogP) is 5.38. The first-order valence-electron chi connectivity index (χ1n) is 10.8. The first-order chi connectivity index (χ1) is 15.2. The lowest BCUT2D eigenvalue weighted by Gasteiger charge is -2.31. The van der Waals surface area contributed by atoms with Gasteiger partial charge in [0.2, 0.25) is 5.91 Å². The minimum Gasteiger partial charge on any atom is -0.349 e. The summed E-state index contributed by atoms with van der Waals surface area (Å²) in [5.41, 5.74) is 2.41. The highest BCUT2D eigenvalue weighted by Crippen LogP contribution is 2.34. The zero-order chi connectivity index (χ0) is 21.5. The molecular weight excluding hydrogens is 406 g/mol. The van der Waals surface area contributed by atoms with E-state index in [1.165, 1.54) is 30.6 Å². The SMILES string of the molecule is O=C(Cc1csc(NC(=O)c2ccccc2)n1)NC(c1ccccc1)C1CCCCC1. The Labute approximate surface area is 186 Å². The average Bonchev–Trinajstić information content (AvgIpc) is 3.25. The highest BCUT2D eigenvalue weighted by atomic mass is 32.1. The van der Waals surface area contributed by atoms with Crippen molar-refractivity contribution < 1.29 is 9.59 Å². The molecule has 1 fully saturated rings. The van der Waals surface area contributed by atoms with Crippen LogP contribution in [0.1, 0.15) is 59.8 Å². The second-order valence-electron chi connectivity index (χ2n) is 7.99. The van der Waals surface area contributed by atoms with Crippen molar-refractivity contribution in [1.29, 1.82) is 0 Å². The fourth-order valence-electron chi connectivity index (χ4n) is 4.19. The fourth-order valence-corrected chi connectivity index (χ4v) is 4.90. The van der Waals surface area contributed by atoms with Crippen LogP contribution in [-0.2, 0) is 11.2 Å². The highest BCUT2D eigenvalue weighted by Gasteiger charge is 2.26. The van der Waals surface area contributed by atoms with Gasteiger partial charge >= 0.3 is 0 Å². The van der Waals surface area contributed by atoms with E-state index in [9.17, 15) is 9.59 Å². The molecule has 3 aromatic rings. The molecule has 2 aromatic carbocycles. The van der Waals surface area contributed by atoms with E-state index in [0.29, 0.717) is 22.3 Å². The Hall–Kier alpha value is -2.99. The Morgan fingerprint density at radius 1 is 0.968 bits per heavy atom. The van der Waals surface area contributed by atoms with E-state index in [0.717, 1.165) is 18.4 Å². The largest absolute Gasteiger partial charge is 0.349 e. The molecule has 1 aliphatic rings. The van der Waals surface area contributed by atoms with Gasteiger partial charge in [0.1, 0.15) is 0 Å². The van der Waals surface area contributed by atoms with Gasteiger partial charge in [0.25, 0.3) is 5.91 Å². The van der Waals surface area contributed by atoms with E-state index in [1.807, 2.05) is 41.8 Å². The van der Waals surface area contributed by atoms with E-state index in [-0.39, 0.29) is 24.3 Å². The molecule has 5 nitrogen and oxygen atoms in total. The number of nitrogens with one attached hydrogen (secondary N) is 2. The molecule has 6 heteroatoms. The first-order valence-corrected chi connectivity index (χ1v) is 11.7. The summed E-state index contributed by atoms with van der Waals surface area (Å²) >= 11 is 1.33. The molecule has 1 aromatic heterocycles. The Morgan fingerprint density at radius 2 is 1.65 bits per heavy atom. The molecule has 0 aliphatic heterocycles. The number of amides is 2. The average molecular weight is 434 g/mol. The Balaban J connectivity index is 1.38. The Morgan fingerprint density at radius 3 is 2.35 bits per heavy atom. The molecule has 1 unspecified atom stereocenters. The molecule has 4 rings (SSSR count). The number of hydrogen-bond donors (Lipinski definition) is 2. The van der Waals surface area contributed by atoms with Crippen LogP contribution in [0.25, 0.3) is 0 Å². The number of benzene rings is 2. The van der Waals surface area contributed by atoms with Crippen molar-refractivity contribution in [2.45, 2.75) is 44.6 Å². The number of carbonyl (C=O) groups is 2. The maximum atomic E-state index is 12.9. The van der Waals surface area contributed by atoms with E-state index in [4.69, 9.17) is 0 Å². The van der Waals surface area contributed by atoms with E-state index >= 15 is 0 Å². The van der Waals surface area contributed by atoms with Gasteiger partial charge in [0.05, 0.1) is 18.2 Å². The van der Waals surface area contributed by atoms with Crippen molar-refractivity contribution in [3.63, 3.8) is 0 Å². The van der Waals surface area contributed by atoms with Crippen LogP contribution in [0.3, 0.4) is 0 Å². The third-order valence-corrected chi connectivity index (χ3v) is 6.55. The molecule has 0 saturated heterocycles. The molecule has 1 heterocycles. The normalized spacial score (nSPS) is 15.2. The van der Waals surface area contributed by atoms with Crippen LogP contribution >= 0.6 is 11.3 Å². The van der Waals surface area contributed by atoms with Gasteiger partial charge in [-0.05, 0) is 36.5 Å². The summed E-state index contributed by atoms with van der Waals surface area (Å²) < 4.78 is 0. The second kappa shape index (κ2) is 10.4. The van der Waals surface area contributed by atoms with E-state index in [1.54, 1.807) is 12.1 Å². The lowest BCUT2D eigenvalue weighted by atomic mass is 9.81. The van der Waals surface area contributed by atoms with Gasteiger partial charge in [0, 0.05) is 10.9 Å². The highest BCUT2D eigenvalue weighted by molar-refractivity contribution is 7.14. The van der Waals surface area contributed by atoms with Gasteiger partial charge in [-0.3, -0.25) is 14.9 Å². The summed E-state index contributed by atoms with van der Waals surface area (Å²) in [6.07, 6.45) is 6.22. The van der Waals surface area contributed by atoms with Gasteiger partial charge in [-0.25, -0.2) is 4.98 Å². The van der Waals surface area contributed by atoms with Crippen LogP contribution in [0.15, 0.2) is 66.0 Å². The number of aromatic nitrogens is 1. The van der Waals surface area contributed by atoms with Crippen molar-refractivity contribution in [1.82, 2.24) is 10.3 Å². The molecule has 160 valence electrons. The summed E-state index contributed by atoms with van der Waals surface area (Å²) in [5, 5.41) is 8.41. The zero-order valence-electron chi connectivity index (χ0n) is 17.4. The van der Waals surface area contributed by atoms with Crippen LogP contribution in [0.2, 0.25) is 0 Å². The first kappa shape index (κ1) is 21.2. The number of hydrogen-bond acceptors (Lipinski definition) is 4. The van der Waals surface area contributed by atoms with Crippen LogP contribution in [0, 0.1) is 5.92 Å². The van der Waals surface area contributed by atoms with E-state index in [2.05, 4.69) is 27.8 Å². The predicted molar refractivity (Wildman–Crippen MR) is 124 cm³/mol. The quantitative estimate of drug-likeness (QED) is 0.526. The lowest BCUT2D eigenvalue weighted by molar-refractivity contribution is -0.121. The fraction of sp³-hybridized carbons (Fsp3) is 0.320. The zero-order valence-corrected chi connectivity index (χ0v) is 18.2. The van der Waals surface area contributed by atoms with Crippen LogP contribution in [0.4, 0.5) is 5.13 Å². The summed E-state index contributed by atoms with van der Waals surface area (Å²) in [7, 11) is 0. The van der Waals surface area contributed by atoms with Gasteiger partial charge < -0.3 is 5.32 Å². The summed E-state index contributed by atoms with van der Waals surface area (Å²) in [4.78, 5) is 29.6. The van der Waals surface area contributed by atoms with Crippen LogP contribution in [-0.4, -0.2) is 16.8 Å². The van der Waals surface area contributed by atoms with E-state index < -0.39 is 0 Å². The molecule has 2 amide bonds. The lowest BCUT2D eigenvalue weighted by Crippen LogP contribution is -2.35. The Bertz CT molecular complexity index is 998. The van der Waals surface area contributed by atoms with Gasteiger partial charge in [-0.1, -0.05) is 67.8 Å². The summed E-state index contributed by atoms with van der Waals surface area (Å²) in [6.45, 7) is 0. The van der Waals surface area contributed by atoms with Crippen molar-refractivity contribution in [2.24, 2.45) is 5.92 Å². The molecule has 0 radical (unpaired) electrons. The van der Waals surface area contributed by atoms with Crippen LogP contribution < -0.4 is 10.6 Å². The smallest absolute Gasteiger partial charge is 0.257 e. The maximum absolute atomic E-state index is 12.9. The Kier molecular flexibility index (Phi) is 7.10. The number of nitrogens with zero attached hydrogens (tertiary/aromatic N) is 1. The van der Waals surface area contributed by atoms with Gasteiger partial charge in [0.15, 0.2) is 5.13 Å². The molecule has 1 saturated carbocycles. The molecule has 1 atom stereocenters. The third-order valence-electron chi connectivity index (χ3n) is 5.75. The molecule has 0 spiro atoms. The second-order valence-corrected chi connectivity index (χ2v) is 8.85. The molecule has 1 aliphatic carbocycles. The molecule has 0 bridgehead atoms. The van der Waals surface area contributed by atoms with Crippen molar-refractivity contribution in [3.05, 3.63) is 82.9 Å². The maximum Gasteiger partial charge on any atom is 0.257 e. The van der Waals surface area contributed by atoms with Crippen molar-refractivity contribution >= 4 is 28.3 Å². The molecule has 2 N–H and O–H groups in total. The van der Waals surface area contributed by atoms with Crippen molar-refractivity contribution in [2.75, 3.05) is 5.32 Å². The number of rotatable bonds is 7. The topological polar surface area (TPSA) is 71.1 Å². The summed E-state index contributed by atoms with van der Waals surface area (Å²) in [6, 6.07) is 19.3. The third kappa shape index (κ3) is 5.79. The minimum absolute atomic E-state index is 0.0323. The minimum atomic E-state index is -0.201. The number of carbonyl (C=O) groups excluding carboxylic acids is 2. The van der Waals surface area contributed by atoms with Gasteiger partial charge in [-0.15, -0.1) is 11.3 Å². The van der Waals surface area contributed by atoms with Crippen LogP contribution in [0.5, 0.6) is 0 Å². The monoisotopic (exact) mass is 433 g/mol. The number of thiazole rings is 1. The number of anilines is 1. The molecule has 31 heavy (non-hydrogen) atoms.